The Labute approximate surface area is 179 Å². The van der Waals surface area contributed by atoms with Gasteiger partial charge in [-0.2, -0.15) is 0 Å². The number of hydrogen-bond donors (Lipinski definition) is 1. The third-order valence-corrected chi connectivity index (χ3v) is 4.95. The molecule has 1 aliphatic heterocycles. The average Bonchev–Trinajstić information content (AvgIpc) is 3.03. The highest BCUT2D eigenvalue weighted by Crippen LogP contribution is 2.27. The molecule has 0 saturated carbocycles. The van der Waals surface area contributed by atoms with E-state index in [0.717, 1.165) is 12.8 Å². The number of ether oxygens (including phenoxy) is 3. The molecule has 1 rings (SSSR count). The van der Waals surface area contributed by atoms with Crippen LogP contribution in [0.1, 0.15) is 60.3 Å². The molecule has 0 aromatic rings. The van der Waals surface area contributed by atoms with Crippen LogP contribution < -0.4 is 0 Å². The largest absolute Gasteiger partial charge is 0.467 e. The molecule has 5 atom stereocenters. The van der Waals surface area contributed by atoms with Gasteiger partial charge in [0.05, 0.1) is 37.8 Å². The van der Waals surface area contributed by atoms with E-state index < -0.39 is 47.6 Å². The zero-order valence-electron chi connectivity index (χ0n) is 19.1. The molecule has 8 nitrogen and oxygen atoms in total. The van der Waals surface area contributed by atoms with Gasteiger partial charge < -0.3 is 24.2 Å². The number of likely N-dealkylation sites (tertiary alicyclic amines) is 1. The Morgan fingerprint density at radius 3 is 2.43 bits per heavy atom. The quantitative estimate of drug-likeness (QED) is 0.421. The van der Waals surface area contributed by atoms with Gasteiger partial charge in [0.25, 0.3) is 0 Å². The maximum absolute atomic E-state index is 13.4. The first-order valence-electron chi connectivity index (χ1n) is 10.4. The standard InChI is InChI=1S/C22H37NO7/c1-8-9-10-14(2)29-15(3)17(12-19(25)30-22(4,5)6)20(26)23-13-16(24)11-18(23)21(27)28-7/h8,14-18,24H,1,9-13H2,2-7H3/t14-,15+,16-,17+,18+/m1/s1. The molecule has 172 valence electrons. The summed E-state index contributed by atoms with van der Waals surface area (Å²) in [5.41, 5.74) is -0.690. The second kappa shape index (κ2) is 11.5. The number of esters is 2. The smallest absolute Gasteiger partial charge is 0.328 e. The van der Waals surface area contributed by atoms with Crippen molar-refractivity contribution < 1.29 is 33.7 Å². The van der Waals surface area contributed by atoms with Crippen molar-refractivity contribution in [3.05, 3.63) is 12.7 Å². The van der Waals surface area contributed by atoms with Crippen LogP contribution in [0.5, 0.6) is 0 Å². The fraction of sp³-hybridized carbons (Fsp3) is 0.773. The predicted octanol–water partition coefficient (Wildman–Crippen LogP) is 2.23. The van der Waals surface area contributed by atoms with Crippen molar-refractivity contribution in [3.63, 3.8) is 0 Å². The Bertz CT molecular complexity index is 613. The first-order chi connectivity index (χ1) is 13.9. The number of carbonyl (C=O) groups excluding carboxylic acids is 3. The minimum Gasteiger partial charge on any atom is -0.467 e. The first kappa shape index (κ1) is 26.1. The van der Waals surface area contributed by atoms with E-state index in [4.69, 9.17) is 14.2 Å². The molecule has 1 aliphatic rings. The molecule has 1 heterocycles. The van der Waals surface area contributed by atoms with Gasteiger partial charge in [-0.05, 0) is 47.5 Å². The summed E-state index contributed by atoms with van der Waals surface area (Å²) in [6.45, 7) is 12.6. The number of β-amino-alcohol motifs (C(OH)–C–C–N with tert-alkyl or cyclic N) is 1. The molecule has 1 N–H and O–H groups in total. The normalized spacial score (nSPS) is 22.2. The summed E-state index contributed by atoms with van der Waals surface area (Å²) in [5, 5.41) is 10.0. The number of aliphatic hydroxyl groups excluding tert-OH is 1. The van der Waals surface area contributed by atoms with Gasteiger partial charge in [-0.25, -0.2) is 4.79 Å². The van der Waals surface area contributed by atoms with Crippen LogP contribution in [-0.2, 0) is 28.6 Å². The molecular weight excluding hydrogens is 390 g/mol. The van der Waals surface area contributed by atoms with Crippen molar-refractivity contribution in [3.8, 4) is 0 Å². The molecule has 30 heavy (non-hydrogen) atoms. The van der Waals surface area contributed by atoms with Gasteiger partial charge in [-0.15, -0.1) is 6.58 Å². The van der Waals surface area contributed by atoms with Crippen LogP contribution in [0.3, 0.4) is 0 Å². The molecule has 0 radical (unpaired) electrons. The van der Waals surface area contributed by atoms with Gasteiger partial charge in [0.15, 0.2) is 0 Å². The minimum absolute atomic E-state index is 0.00214. The molecule has 0 bridgehead atoms. The molecule has 0 aliphatic carbocycles. The summed E-state index contributed by atoms with van der Waals surface area (Å²) in [6, 6.07) is -0.885. The van der Waals surface area contributed by atoms with E-state index >= 15 is 0 Å². The molecule has 1 amide bonds. The summed E-state index contributed by atoms with van der Waals surface area (Å²) in [6.07, 6.45) is 1.63. The molecule has 0 aromatic carbocycles. The molecule has 1 fully saturated rings. The fourth-order valence-corrected chi connectivity index (χ4v) is 3.53. The third-order valence-electron chi connectivity index (χ3n) is 4.95. The lowest BCUT2D eigenvalue weighted by atomic mass is 9.96. The van der Waals surface area contributed by atoms with Crippen LogP contribution in [0, 0.1) is 5.92 Å². The summed E-state index contributed by atoms with van der Waals surface area (Å²) in [4.78, 5) is 39.3. The number of nitrogens with zero attached hydrogens (tertiary/aromatic N) is 1. The topological polar surface area (TPSA) is 102 Å². The summed E-state index contributed by atoms with van der Waals surface area (Å²) in [7, 11) is 1.24. The van der Waals surface area contributed by atoms with Gasteiger partial charge in [-0.1, -0.05) is 6.08 Å². The van der Waals surface area contributed by atoms with E-state index in [9.17, 15) is 19.5 Å². The molecular formula is C22H37NO7. The van der Waals surface area contributed by atoms with Crippen molar-refractivity contribution >= 4 is 17.8 Å². The van der Waals surface area contributed by atoms with E-state index in [-0.39, 0.29) is 25.5 Å². The van der Waals surface area contributed by atoms with Gasteiger partial charge in [-0.3, -0.25) is 9.59 Å². The third kappa shape index (κ3) is 8.07. The summed E-state index contributed by atoms with van der Waals surface area (Å²) < 4.78 is 16.2. The summed E-state index contributed by atoms with van der Waals surface area (Å²) >= 11 is 0. The number of allylic oxidation sites excluding steroid dienone is 1. The molecule has 0 spiro atoms. The van der Waals surface area contributed by atoms with Crippen LogP contribution in [-0.4, -0.2) is 71.5 Å². The Balaban J connectivity index is 3.05. The molecule has 8 heteroatoms. The van der Waals surface area contributed by atoms with Gasteiger partial charge >= 0.3 is 11.9 Å². The maximum Gasteiger partial charge on any atom is 0.328 e. The molecule has 0 unspecified atom stereocenters. The van der Waals surface area contributed by atoms with Crippen LogP contribution in [0.25, 0.3) is 0 Å². The first-order valence-corrected chi connectivity index (χ1v) is 10.4. The van der Waals surface area contributed by atoms with Crippen LogP contribution in [0.15, 0.2) is 12.7 Å². The van der Waals surface area contributed by atoms with E-state index in [1.165, 1.54) is 12.0 Å². The Hall–Kier alpha value is -1.93. The lowest BCUT2D eigenvalue weighted by Crippen LogP contribution is -2.48. The van der Waals surface area contributed by atoms with Crippen molar-refractivity contribution in [2.24, 2.45) is 5.92 Å². The second-order valence-corrected chi connectivity index (χ2v) is 8.83. The number of aliphatic hydroxyl groups is 1. The lowest BCUT2D eigenvalue weighted by molar-refractivity contribution is -0.164. The Morgan fingerprint density at radius 2 is 1.90 bits per heavy atom. The Morgan fingerprint density at radius 1 is 1.27 bits per heavy atom. The Kier molecular flexibility index (Phi) is 9.97. The second-order valence-electron chi connectivity index (χ2n) is 8.83. The van der Waals surface area contributed by atoms with Crippen molar-refractivity contribution in [1.82, 2.24) is 4.90 Å². The van der Waals surface area contributed by atoms with Crippen LogP contribution in [0.2, 0.25) is 0 Å². The number of methoxy groups -OCH3 is 1. The van der Waals surface area contributed by atoms with Gasteiger partial charge in [0, 0.05) is 13.0 Å². The number of rotatable bonds is 10. The molecule has 0 aromatic heterocycles. The zero-order valence-corrected chi connectivity index (χ0v) is 19.1. The summed E-state index contributed by atoms with van der Waals surface area (Å²) in [5.74, 6) is -2.41. The SMILES string of the molecule is C=CCC[C@@H](C)O[C@@H](C)[C@H](CC(=O)OC(C)(C)C)C(=O)N1C[C@H](O)C[C@H]1C(=O)OC. The maximum atomic E-state index is 13.4. The van der Waals surface area contributed by atoms with Crippen LogP contribution in [0.4, 0.5) is 0 Å². The van der Waals surface area contributed by atoms with Gasteiger partial charge in [0.1, 0.15) is 11.6 Å². The van der Waals surface area contributed by atoms with Crippen molar-refractivity contribution in [1.29, 1.82) is 0 Å². The van der Waals surface area contributed by atoms with E-state index in [1.54, 1.807) is 33.8 Å². The van der Waals surface area contributed by atoms with Crippen molar-refractivity contribution in [2.75, 3.05) is 13.7 Å². The molecule has 1 saturated heterocycles. The highest BCUT2D eigenvalue weighted by molar-refractivity contribution is 5.89. The van der Waals surface area contributed by atoms with Gasteiger partial charge in [0.2, 0.25) is 5.91 Å². The average molecular weight is 428 g/mol. The predicted molar refractivity (Wildman–Crippen MR) is 112 cm³/mol. The highest BCUT2D eigenvalue weighted by Gasteiger charge is 2.44. The van der Waals surface area contributed by atoms with E-state index in [1.807, 2.05) is 6.92 Å². The van der Waals surface area contributed by atoms with Crippen molar-refractivity contribution in [2.45, 2.75) is 90.3 Å². The fourth-order valence-electron chi connectivity index (χ4n) is 3.53. The van der Waals surface area contributed by atoms with Crippen LogP contribution >= 0.6 is 0 Å². The number of hydrogen-bond acceptors (Lipinski definition) is 7. The zero-order chi connectivity index (χ0) is 23.1. The highest BCUT2D eigenvalue weighted by atomic mass is 16.6. The lowest BCUT2D eigenvalue weighted by Gasteiger charge is -2.32. The number of amides is 1. The van der Waals surface area contributed by atoms with E-state index in [2.05, 4.69) is 6.58 Å². The monoisotopic (exact) mass is 427 g/mol. The minimum atomic E-state index is -0.885. The van der Waals surface area contributed by atoms with E-state index in [0.29, 0.717) is 0 Å². The number of carbonyl (C=O) groups is 3.